The first-order chi connectivity index (χ1) is 10.3. The normalized spacial score (nSPS) is 22.2. The van der Waals surface area contributed by atoms with E-state index in [2.05, 4.69) is 48.1 Å². The lowest BCUT2D eigenvalue weighted by atomic mass is 9.82. The number of para-hydroxylation sites is 1. The molecule has 1 unspecified atom stereocenters. The number of benzene rings is 1. The molecule has 1 saturated heterocycles. The fourth-order valence-corrected chi connectivity index (χ4v) is 3.30. The van der Waals surface area contributed by atoms with Crippen molar-refractivity contribution < 1.29 is 4.74 Å². The van der Waals surface area contributed by atoms with Crippen molar-refractivity contribution in [2.24, 2.45) is 5.41 Å². The number of nitrogens with one attached hydrogen (secondary N) is 1. The Kier molecular flexibility index (Phi) is 4.27. The van der Waals surface area contributed by atoms with Crippen molar-refractivity contribution in [3.63, 3.8) is 0 Å². The summed E-state index contributed by atoms with van der Waals surface area (Å²) in [4.78, 5) is 0. The van der Waals surface area contributed by atoms with Crippen LogP contribution < -0.4 is 5.32 Å². The number of fused-ring (bicyclic) bond motifs is 1. The minimum atomic E-state index is 0.200. The summed E-state index contributed by atoms with van der Waals surface area (Å²) in [6, 6.07) is 8.56. The van der Waals surface area contributed by atoms with Crippen LogP contribution in [0.25, 0.3) is 10.9 Å². The highest BCUT2D eigenvalue weighted by molar-refractivity contribution is 5.82. The van der Waals surface area contributed by atoms with Crippen LogP contribution in [0.2, 0.25) is 0 Å². The average Bonchev–Trinajstić information content (AvgIpc) is 3.11. The number of hydrogen-bond donors (Lipinski definition) is 1. The first-order valence-corrected chi connectivity index (χ1v) is 8.01. The third-order valence-corrected chi connectivity index (χ3v) is 4.51. The van der Waals surface area contributed by atoms with Gasteiger partial charge in [-0.05, 0) is 26.0 Å². The summed E-state index contributed by atoms with van der Waals surface area (Å²) in [5, 5.41) is 9.66. The van der Waals surface area contributed by atoms with Crippen LogP contribution in [0.4, 0.5) is 0 Å². The molecule has 1 atom stereocenters. The van der Waals surface area contributed by atoms with Gasteiger partial charge in [-0.2, -0.15) is 5.10 Å². The summed E-state index contributed by atoms with van der Waals surface area (Å²) in [5.41, 5.74) is 2.66. The zero-order valence-electron chi connectivity index (χ0n) is 13.1. The van der Waals surface area contributed by atoms with E-state index in [-0.39, 0.29) is 5.41 Å². The Balaban J connectivity index is 1.92. The Bertz CT molecular complexity index is 599. The zero-order valence-corrected chi connectivity index (χ0v) is 13.1. The Morgan fingerprint density at radius 2 is 2.19 bits per heavy atom. The van der Waals surface area contributed by atoms with E-state index in [0.29, 0.717) is 0 Å². The minimum Gasteiger partial charge on any atom is -0.381 e. The van der Waals surface area contributed by atoms with E-state index in [4.69, 9.17) is 9.84 Å². The van der Waals surface area contributed by atoms with Crippen LogP contribution in [0.3, 0.4) is 0 Å². The van der Waals surface area contributed by atoms with E-state index in [1.54, 1.807) is 0 Å². The Morgan fingerprint density at radius 3 is 2.90 bits per heavy atom. The van der Waals surface area contributed by atoms with Crippen molar-refractivity contribution >= 4 is 10.9 Å². The second-order valence-electron chi connectivity index (χ2n) is 6.04. The highest BCUT2D eigenvalue weighted by atomic mass is 16.5. The molecule has 21 heavy (non-hydrogen) atoms. The molecule has 1 aromatic carbocycles. The van der Waals surface area contributed by atoms with Crippen molar-refractivity contribution in [2.45, 2.75) is 33.2 Å². The molecular formula is C17H25N3O. The third kappa shape index (κ3) is 2.83. The van der Waals surface area contributed by atoms with Crippen LogP contribution >= 0.6 is 0 Å². The van der Waals surface area contributed by atoms with Crippen LogP contribution in [0, 0.1) is 5.41 Å². The van der Waals surface area contributed by atoms with Gasteiger partial charge in [-0.15, -0.1) is 0 Å². The molecule has 1 aliphatic heterocycles. The van der Waals surface area contributed by atoms with Crippen LogP contribution in [-0.4, -0.2) is 36.1 Å². The summed E-state index contributed by atoms with van der Waals surface area (Å²) >= 11 is 0. The van der Waals surface area contributed by atoms with E-state index in [0.717, 1.165) is 45.7 Å². The largest absolute Gasteiger partial charge is 0.381 e. The second kappa shape index (κ2) is 6.16. The number of aryl methyl sites for hydroxylation is 1. The molecule has 0 bridgehead atoms. The molecule has 3 rings (SSSR count). The molecule has 1 aliphatic rings. The molecule has 0 saturated carbocycles. The van der Waals surface area contributed by atoms with Crippen molar-refractivity contribution in [2.75, 3.05) is 26.3 Å². The van der Waals surface area contributed by atoms with Gasteiger partial charge in [-0.3, -0.25) is 4.68 Å². The Morgan fingerprint density at radius 1 is 1.33 bits per heavy atom. The van der Waals surface area contributed by atoms with Gasteiger partial charge in [0.25, 0.3) is 0 Å². The maximum Gasteiger partial charge on any atom is 0.0710 e. The molecular weight excluding hydrogens is 262 g/mol. The Hall–Kier alpha value is -1.39. The van der Waals surface area contributed by atoms with E-state index in [9.17, 15) is 0 Å². The van der Waals surface area contributed by atoms with Crippen molar-refractivity contribution in [3.8, 4) is 0 Å². The molecule has 1 fully saturated rings. The van der Waals surface area contributed by atoms with Crippen LogP contribution in [0.5, 0.6) is 0 Å². The summed E-state index contributed by atoms with van der Waals surface area (Å²) in [5.74, 6) is 0. The first kappa shape index (κ1) is 14.5. The standard InChI is InChI=1S/C17H25N3O/c1-3-18-12-17(9-10-21-13-17)11-15-14-7-5-6-8-16(14)20(4-2)19-15/h5-8,18H,3-4,9-13H2,1-2H3. The topological polar surface area (TPSA) is 39.1 Å². The number of nitrogens with zero attached hydrogens (tertiary/aromatic N) is 2. The quantitative estimate of drug-likeness (QED) is 0.887. The van der Waals surface area contributed by atoms with Crippen molar-refractivity contribution in [3.05, 3.63) is 30.0 Å². The lowest BCUT2D eigenvalue weighted by Gasteiger charge is -2.26. The summed E-state index contributed by atoms with van der Waals surface area (Å²) in [6.45, 7) is 8.95. The smallest absolute Gasteiger partial charge is 0.0710 e. The van der Waals surface area contributed by atoms with E-state index >= 15 is 0 Å². The van der Waals surface area contributed by atoms with Gasteiger partial charge >= 0.3 is 0 Å². The molecule has 1 N–H and O–H groups in total. The first-order valence-electron chi connectivity index (χ1n) is 8.01. The molecule has 4 nitrogen and oxygen atoms in total. The maximum atomic E-state index is 5.70. The number of hydrogen-bond acceptors (Lipinski definition) is 3. The minimum absolute atomic E-state index is 0.200. The van der Waals surface area contributed by atoms with Gasteiger partial charge in [0, 0.05) is 36.9 Å². The predicted octanol–water partition coefficient (Wildman–Crippen LogP) is 2.61. The number of aromatic nitrogens is 2. The highest BCUT2D eigenvalue weighted by Crippen LogP contribution is 2.34. The molecule has 2 heterocycles. The zero-order chi connectivity index (χ0) is 14.7. The molecule has 0 aliphatic carbocycles. The van der Waals surface area contributed by atoms with Crippen LogP contribution in [0.15, 0.2) is 24.3 Å². The van der Waals surface area contributed by atoms with E-state index in [1.807, 2.05) is 0 Å². The molecule has 0 radical (unpaired) electrons. The second-order valence-corrected chi connectivity index (χ2v) is 6.04. The third-order valence-electron chi connectivity index (χ3n) is 4.51. The van der Waals surface area contributed by atoms with Gasteiger partial charge in [-0.25, -0.2) is 0 Å². The summed E-state index contributed by atoms with van der Waals surface area (Å²) in [7, 11) is 0. The van der Waals surface area contributed by atoms with Crippen molar-refractivity contribution in [1.29, 1.82) is 0 Å². The summed E-state index contributed by atoms with van der Waals surface area (Å²) < 4.78 is 7.81. The van der Waals surface area contributed by atoms with Gasteiger partial charge in [0.05, 0.1) is 17.8 Å². The van der Waals surface area contributed by atoms with Gasteiger partial charge in [0.15, 0.2) is 0 Å². The van der Waals surface area contributed by atoms with Crippen LogP contribution in [-0.2, 0) is 17.7 Å². The van der Waals surface area contributed by atoms with Gasteiger partial charge < -0.3 is 10.1 Å². The number of rotatable bonds is 6. The van der Waals surface area contributed by atoms with E-state index in [1.165, 1.54) is 16.6 Å². The molecule has 114 valence electrons. The fraction of sp³-hybridized carbons (Fsp3) is 0.588. The van der Waals surface area contributed by atoms with Gasteiger partial charge in [0.2, 0.25) is 0 Å². The van der Waals surface area contributed by atoms with Gasteiger partial charge in [-0.1, -0.05) is 25.1 Å². The molecule has 1 aromatic heterocycles. The lowest BCUT2D eigenvalue weighted by molar-refractivity contribution is 0.149. The monoisotopic (exact) mass is 287 g/mol. The fourth-order valence-electron chi connectivity index (χ4n) is 3.30. The highest BCUT2D eigenvalue weighted by Gasteiger charge is 2.36. The van der Waals surface area contributed by atoms with Crippen LogP contribution in [0.1, 0.15) is 26.0 Å². The maximum absolute atomic E-state index is 5.70. The molecule has 0 amide bonds. The Labute approximate surface area is 126 Å². The predicted molar refractivity (Wildman–Crippen MR) is 85.5 cm³/mol. The SMILES string of the molecule is CCNCC1(Cc2nn(CC)c3ccccc23)CCOC1. The van der Waals surface area contributed by atoms with Crippen molar-refractivity contribution in [1.82, 2.24) is 15.1 Å². The van der Waals surface area contributed by atoms with E-state index < -0.39 is 0 Å². The average molecular weight is 287 g/mol. The molecule has 2 aromatic rings. The molecule has 0 spiro atoms. The molecule has 4 heteroatoms. The lowest BCUT2D eigenvalue weighted by Crippen LogP contribution is -2.36. The number of ether oxygens (including phenoxy) is 1. The van der Waals surface area contributed by atoms with Gasteiger partial charge in [0.1, 0.15) is 0 Å². The summed E-state index contributed by atoms with van der Waals surface area (Å²) in [6.07, 6.45) is 2.11.